The topological polar surface area (TPSA) is 84.7 Å². The molecule has 0 bridgehead atoms. The van der Waals surface area contributed by atoms with Crippen LogP contribution in [0, 0.1) is 0 Å². The van der Waals surface area contributed by atoms with Crippen LogP contribution in [-0.4, -0.2) is 27.0 Å². The monoisotopic (exact) mass is 246 g/mol. The van der Waals surface area contributed by atoms with Gasteiger partial charge in [0.2, 0.25) is 18.6 Å². The summed E-state index contributed by atoms with van der Waals surface area (Å²) >= 11 is 0. The molecule has 6 nitrogen and oxygen atoms in total. The van der Waals surface area contributed by atoms with Gasteiger partial charge in [-0.1, -0.05) is 6.07 Å². The van der Waals surface area contributed by atoms with E-state index < -0.39 is 0 Å². The molecular weight excluding hydrogens is 236 g/mol. The fraction of sp³-hybridized carbons (Fsp3) is 0.167. The zero-order valence-electron chi connectivity index (χ0n) is 9.33. The minimum Gasteiger partial charge on any atom is -0.493 e. The lowest BCUT2D eigenvalue weighted by molar-refractivity contribution is 0.174. The van der Waals surface area contributed by atoms with E-state index in [2.05, 4.69) is 9.97 Å². The number of hydrogen-bond acceptors (Lipinski definition) is 6. The number of benzene rings is 1. The smallest absolute Gasteiger partial charge is 0.231 e. The molecule has 3 rings (SSSR count). The van der Waals surface area contributed by atoms with Gasteiger partial charge in [0, 0.05) is 6.42 Å². The van der Waals surface area contributed by atoms with Crippen molar-refractivity contribution in [2.45, 2.75) is 6.42 Å². The van der Waals surface area contributed by atoms with Crippen LogP contribution in [0.1, 0.15) is 11.4 Å². The van der Waals surface area contributed by atoms with Crippen LogP contribution in [0.3, 0.4) is 0 Å². The molecule has 2 heterocycles. The molecule has 0 radical (unpaired) electrons. The van der Waals surface area contributed by atoms with E-state index in [4.69, 9.17) is 9.47 Å². The summed E-state index contributed by atoms with van der Waals surface area (Å²) < 4.78 is 10.5. The van der Waals surface area contributed by atoms with Crippen LogP contribution in [0.5, 0.6) is 23.3 Å². The number of nitrogens with zero attached hydrogens (tertiary/aromatic N) is 2. The van der Waals surface area contributed by atoms with Crippen LogP contribution in [0.15, 0.2) is 24.3 Å². The highest BCUT2D eigenvalue weighted by Gasteiger charge is 2.14. The molecule has 2 aromatic rings. The van der Waals surface area contributed by atoms with Crippen molar-refractivity contribution < 1.29 is 19.7 Å². The molecule has 1 aliphatic heterocycles. The number of ether oxygens (including phenoxy) is 2. The molecule has 0 unspecified atom stereocenters. The first-order chi connectivity index (χ1) is 8.70. The Morgan fingerprint density at radius 1 is 1.00 bits per heavy atom. The highest BCUT2D eigenvalue weighted by molar-refractivity contribution is 5.45. The van der Waals surface area contributed by atoms with Crippen LogP contribution in [0.4, 0.5) is 0 Å². The highest BCUT2D eigenvalue weighted by Crippen LogP contribution is 2.33. The minimum absolute atomic E-state index is 0.224. The van der Waals surface area contributed by atoms with E-state index in [1.807, 2.05) is 12.1 Å². The first kappa shape index (κ1) is 10.6. The standard InChI is InChI=1S/C12H10N2O4/c15-11-5-12(16)14-10(13-11)4-7-1-2-8-9(3-7)18-6-17-8/h1-3,5H,4,6H2,(H2,13,14,15,16). The quantitative estimate of drug-likeness (QED) is 0.828. The SMILES string of the molecule is Oc1cc(O)nc(Cc2ccc3c(c2)OCO3)n1. The van der Waals surface area contributed by atoms with E-state index in [-0.39, 0.29) is 18.6 Å². The molecule has 1 aromatic heterocycles. The third-order valence-electron chi connectivity index (χ3n) is 2.54. The number of aromatic nitrogens is 2. The summed E-state index contributed by atoms with van der Waals surface area (Å²) in [4.78, 5) is 7.67. The van der Waals surface area contributed by atoms with Crippen molar-refractivity contribution in [3.8, 4) is 23.3 Å². The summed E-state index contributed by atoms with van der Waals surface area (Å²) in [5.74, 6) is 1.22. The zero-order chi connectivity index (χ0) is 12.5. The van der Waals surface area contributed by atoms with Crippen LogP contribution in [0.2, 0.25) is 0 Å². The molecule has 18 heavy (non-hydrogen) atoms. The van der Waals surface area contributed by atoms with Gasteiger partial charge in [-0.25, -0.2) is 0 Å². The lowest BCUT2D eigenvalue weighted by Crippen LogP contribution is -1.96. The second kappa shape index (κ2) is 4.06. The second-order valence-electron chi connectivity index (χ2n) is 3.86. The van der Waals surface area contributed by atoms with E-state index >= 15 is 0 Å². The molecule has 0 aliphatic carbocycles. The predicted molar refractivity (Wildman–Crippen MR) is 60.7 cm³/mol. The van der Waals surface area contributed by atoms with Gasteiger partial charge < -0.3 is 19.7 Å². The average molecular weight is 246 g/mol. The Bertz CT molecular complexity index is 580. The fourth-order valence-corrected chi connectivity index (χ4v) is 1.78. The van der Waals surface area contributed by atoms with Crippen LogP contribution in [0.25, 0.3) is 0 Å². The minimum atomic E-state index is -0.252. The Kier molecular flexibility index (Phi) is 2.40. The van der Waals surface area contributed by atoms with E-state index in [0.717, 1.165) is 11.6 Å². The fourth-order valence-electron chi connectivity index (χ4n) is 1.78. The van der Waals surface area contributed by atoms with Crippen molar-refractivity contribution in [2.24, 2.45) is 0 Å². The van der Waals surface area contributed by atoms with Crippen LogP contribution >= 0.6 is 0 Å². The lowest BCUT2D eigenvalue weighted by atomic mass is 10.1. The number of aromatic hydroxyl groups is 2. The molecule has 0 saturated heterocycles. The Hall–Kier alpha value is -2.50. The van der Waals surface area contributed by atoms with Crippen LogP contribution < -0.4 is 9.47 Å². The molecule has 92 valence electrons. The second-order valence-corrected chi connectivity index (χ2v) is 3.86. The molecule has 0 amide bonds. The van der Waals surface area contributed by atoms with Gasteiger partial charge >= 0.3 is 0 Å². The molecule has 2 N–H and O–H groups in total. The maximum atomic E-state index is 9.27. The molecule has 0 atom stereocenters. The molecule has 0 spiro atoms. The summed E-state index contributed by atoms with van der Waals surface area (Å²) in [7, 11) is 0. The van der Waals surface area contributed by atoms with Crippen molar-refractivity contribution in [3.05, 3.63) is 35.7 Å². The Morgan fingerprint density at radius 3 is 2.50 bits per heavy atom. The molecule has 0 fully saturated rings. The molecule has 1 aromatic carbocycles. The number of fused-ring (bicyclic) bond motifs is 1. The first-order valence-electron chi connectivity index (χ1n) is 5.35. The van der Waals surface area contributed by atoms with Crippen molar-refractivity contribution in [1.29, 1.82) is 0 Å². The summed E-state index contributed by atoms with van der Waals surface area (Å²) in [6, 6.07) is 6.58. The van der Waals surface area contributed by atoms with Gasteiger partial charge in [-0.2, -0.15) is 9.97 Å². The van der Waals surface area contributed by atoms with Gasteiger partial charge in [0.05, 0.1) is 6.07 Å². The third-order valence-corrected chi connectivity index (χ3v) is 2.54. The summed E-state index contributed by atoms with van der Waals surface area (Å²) in [5.41, 5.74) is 0.907. The number of rotatable bonds is 2. The Morgan fingerprint density at radius 2 is 1.72 bits per heavy atom. The van der Waals surface area contributed by atoms with Gasteiger partial charge in [-0.3, -0.25) is 0 Å². The third kappa shape index (κ3) is 2.00. The van der Waals surface area contributed by atoms with E-state index in [9.17, 15) is 10.2 Å². The zero-order valence-corrected chi connectivity index (χ0v) is 9.33. The van der Waals surface area contributed by atoms with Crippen molar-refractivity contribution in [2.75, 3.05) is 6.79 Å². The average Bonchev–Trinajstić information content (AvgIpc) is 2.74. The maximum absolute atomic E-state index is 9.27. The summed E-state index contributed by atoms with van der Waals surface area (Å²) in [6.07, 6.45) is 0.387. The summed E-state index contributed by atoms with van der Waals surface area (Å²) in [5, 5.41) is 18.5. The van der Waals surface area contributed by atoms with Crippen molar-refractivity contribution >= 4 is 0 Å². The Labute approximate surface area is 102 Å². The van der Waals surface area contributed by atoms with E-state index in [1.54, 1.807) is 6.07 Å². The van der Waals surface area contributed by atoms with Crippen LogP contribution in [-0.2, 0) is 6.42 Å². The summed E-state index contributed by atoms with van der Waals surface area (Å²) in [6.45, 7) is 0.224. The van der Waals surface area contributed by atoms with Gasteiger partial charge in [0.25, 0.3) is 0 Å². The molecular formula is C12H10N2O4. The van der Waals surface area contributed by atoms with E-state index in [0.29, 0.717) is 23.7 Å². The largest absolute Gasteiger partial charge is 0.493 e. The number of hydrogen-bond donors (Lipinski definition) is 2. The van der Waals surface area contributed by atoms with Gasteiger partial charge in [-0.15, -0.1) is 0 Å². The highest BCUT2D eigenvalue weighted by atomic mass is 16.7. The lowest BCUT2D eigenvalue weighted by Gasteiger charge is -2.03. The maximum Gasteiger partial charge on any atom is 0.231 e. The molecule has 1 aliphatic rings. The predicted octanol–water partition coefficient (Wildman–Crippen LogP) is 1.21. The van der Waals surface area contributed by atoms with Gasteiger partial charge in [0.15, 0.2) is 11.5 Å². The Balaban J connectivity index is 1.88. The normalized spacial score (nSPS) is 12.7. The molecule has 0 saturated carbocycles. The first-order valence-corrected chi connectivity index (χ1v) is 5.35. The van der Waals surface area contributed by atoms with Crippen molar-refractivity contribution in [1.82, 2.24) is 9.97 Å². The van der Waals surface area contributed by atoms with Gasteiger partial charge in [0.1, 0.15) is 5.82 Å². The van der Waals surface area contributed by atoms with E-state index in [1.165, 1.54) is 0 Å². The van der Waals surface area contributed by atoms with Crippen molar-refractivity contribution in [3.63, 3.8) is 0 Å². The van der Waals surface area contributed by atoms with Gasteiger partial charge in [-0.05, 0) is 17.7 Å². The molecule has 6 heteroatoms.